The monoisotopic (exact) mass is 435 g/mol. The summed E-state index contributed by atoms with van der Waals surface area (Å²) in [5.41, 5.74) is 0.196. The van der Waals surface area contributed by atoms with Gasteiger partial charge in [-0.1, -0.05) is 35.3 Å². The highest BCUT2D eigenvalue weighted by Gasteiger charge is 2.34. The molecule has 26 heavy (non-hydrogen) atoms. The maximum Gasteiger partial charge on any atom is 0.265 e. The van der Waals surface area contributed by atoms with Gasteiger partial charge in [0.25, 0.3) is 10.0 Å². The van der Waals surface area contributed by atoms with Gasteiger partial charge in [0.05, 0.1) is 27.2 Å². The van der Waals surface area contributed by atoms with Crippen LogP contribution in [0.25, 0.3) is 0 Å². The first kappa shape index (κ1) is 20.8. The van der Waals surface area contributed by atoms with Crippen LogP contribution in [0.1, 0.15) is 13.8 Å². The molecule has 2 aromatic carbocycles. The van der Waals surface area contributed by atoms with Gasteiger partial charge in [-0.25, -0.2) is 8.42 Å². The maximum atomic E-state index is 13.3. The summed E-state index contributed by atoms with van der Waals surface area (Å²) in [6, 6.07) is 9.23. The topological polar surface area (TPSA) is 63.7 Å². The van der Waals surface area contributed by atoms with Gasteiger partial charge in [-0.05, 0) is 55.8 Å². The van der Waals surface area contributed by atoms with Crippen LogP contribution in [0.3, 0.4) is 0 Å². The number of nitrogens with zero attached hydrogens (tertiary/aromatic N) is 1. The van der Waals surface area contributed by atoms with Crippen LogP contribution >= 0.6 is 34.8 Å². The van der Waals surface area contributed by atoms with Crippen molar-refractivity contribution in [2.24, 2.45) is 0 Å². The number of halogens is 3. The number of ether oxygens (including phenoxy) is 1. The van der Waals surface area contributed by atoms with Gasteiger partial charge in [-0.15, -0.1) is 0 Å². The fourth-order valence-electron chi connectivity index (χ4n) is 2.31. The first-order chi connectivity index (χ1) is 12.2. The zero-order chi connectivity index (χ0) is 19.5. The van der Waals surface area contributed by atoms with Crippen LogP contribution in [-0.2, 0) is 14.8 Å². The van der Waals surface area contributed by atoms with Crippen LogP contribution in [-0.4, -0.2) is 26.3 Å². The van der Waals surface area contributed by atoms with Gasteiger partial charge < -0.3 is 4.74 Å². The number of carbonyl (C=O) groups is 1. The smallest absolute Gasteiger partial charge is 0.265 e. The largest absolute Gasteiger partial charge is 0.492 e. The summed E-state index contributed by atoms with van der Waals surface area (Å²) < 4.78 is 33.0. The molecule has 0 saturated heterocycles. The van der Waals surface area contributed by atoms with Gasteiger partial charge in [-0.3, -0.25) is 9.10 Å². The third-order valence-corrected chi connectivity index (χ3v) is 6.47. The number of carbonyl (C=O) groups excluding carboxylic acids is 1. The Bertz CT molecular complexity index is 918. The molecule has 0 aromatic heterocycles. The molecule has 0 fully saturated rings. The summed E-state index contributed by atoms with van der Waals surface area (Å²) in [6.45, 7) is 3.48. The molecule has 0 heterocycles. The molecule has 9 heteroatoms. The zero-order valence-corrected chi connectivity index (χ0v) is 17.0. The van der Waals surface area contributed by atoms with Crippen molar-refractivity contribution in [3.8, 4) is 5.75 Å². The maximum absolute atomic E-state index is 13.3. The van der Waals surface area contributed by atoms with E-state index in [4.69, 9.17) is 39.5 Å². The van der Waals surface area contributed by atoms with E-state index >= 15 is 0 Å². The Labute approximate surface area is 167 Å². The van der Waals surface area contributed by atoms with Crippen LogP contribution in [0.4, 0.5) is 5.69 Å². The van der Waals surface area contributed by atoms with Crippen LogP contribution in [0.5, 0.6) is 5.75 Å². The Morgan fingerprint density at radius 2 is 1.81 bits per heavy atom. The van der Waals surface area contributed by atoms with E-state index in [9.17, 15) is 13.2 Å². The second kappa shape index (κ2) is 8.48. The molecular weight excluding hydrogens is 421 g/mol. The molecule has 0 aliphatic rings. The second-order valence-electron chi connectivity index (χ2n) is 5.26. The highest BCUT2D eigenvalue weighted by Crippen LogP contribution is 2.36. The molecule has 5 nitrogen and oxygen atoms in total. The molecule has 0 radical (unpaired) electrons. The number of benzene rings is 2. The molecule has 0 spiro atoms. The third-order valence-electron chi connectivity index (χ3n) is 3.53. The lowest BCUT2D eigenvalue weighted by molar-refractivity contribution is -0.112. The Morgan fingerprint density at radius 1 is 1.15 bits per heavy atom. The predicted molar refractivity (Wildman–Crippen MR) is 104 cm³/mol. The zero-order valence-electron chi connectivity index (χ0n) is 13.9. The molecule has 140 valence electrons. The molecule has 0 N–H and O–H groups in total. The lowest BCUT2D eigenvalue weighted by Gasteiger charge is -2.29. The Hall–Kier alpha value is -1.47. The molecule has 0 saturated carbocycles. The number of anilines is 1. The Kier molecular flexibility index (Phi) is 6.80. The Morgan fingerprint density at radius 3 is 2.38 bits per heavy atom. The van der Waals surface area contributed by atoms with Gasteiger partial charge >= 0.3 is 0 Å². The minimum atomic E-state index is -4.17. The minimum absolute atomic E-state index is 0.0793. The number of para-hydroxylation sites is 2. The highest BCUT2D eigenvalue weighted by atomic mass is 35.5. The van der Waals surface area contributed by atoms with Crippen molar-refractivity contribution in [2.75, 3.05) is 10.9 Å². The predicted octanol–water partition coefficient (Wildman–Crippen LogP) is 4.74. The molecule has 1 unspecified atom stereocenters. The van der Waals surface area contributed by atoms with Crippen LogP contribution in [0, 0.1) is 0 Å². The Balaban J connectivity index is 2.69. The van der Waals surface area contributed by atoms with Crippen molar-refractivity contribution in [2.45, 2.75) is 24.8 Å². The van der Waals surface area contributed by atoms with E-state index in [1.807, 2.05) is 0 Å². The van der Waals surface area contributed by atoms with Crippen molar-refractivity contribution in [1.29, 1.82) is 0 Å². The quantitative estimate of drug-likeness (QED) is 0.588. The van der Waals surface area contributed by atoms with Gasteiger partial charge in [0.2, 0.25) is 5.24 Å². The fourth-order valence-corrected chi connectivity index (χ4v) is 4.48. The van der Waals surface area contributed by atoms with E-state index in [1.54, 1.807) is 25.1 Å². The lowest BCUT2D eigenvalue weighted by atomic mass is 10.2. The van der Waals surface area contributed by atoms with Gasteiger partial charge in [-0.2, -0.15) is 0 Å². The highest BCUT2D eigenvalue weighted by molar-refractivity contribution is 7.93. The normalized spacial score (nSPS) is 12.5. The van der Waals surface area contributed by atoms with Crippen molar-refractivity contribution in [1.82, 2.24) is 0 Å². The minimum Gasteiger partial charge on any atom is -0.492 e. The second-order valence-corrected chi connectivity index (χ2v) is 8.26. The fraction of sp³-hybridized carbons (Fsp3) is 0.235. The molecule has 1 atom stereocenters. The molecule has 0 amide bonds. The molecule has 2 rings (SSSR count). The average molecular weight is 437 g/mol. The molecule has 0 aliphatic carbocycles. The van der Waals surface area contributed by atoms with Crippen LogP contribution in [0.2, 0.25) is 10.0 Å². The van der Waals surface area contributed by atoms with Crippen LogP contribution in [0.15, 0.2) is 47.4 Å². The molecule has 0 bridgehead atoms. The first-order valence-electron chi connectivity index (χ1n) is 7.60. The summed E-state index contributed by atoms with van der Waals surface area (Å²) in [7, 11) is -4.17. The molecule has 0 aliphatic heterocycles. The standard InChI is InChI=1S/C17H16Cl3NO4S/c1-3-25-16-7-5-4-6-15(16)21(11(2)17(20)22)26(23,24)12-8-9-13(18)14(19)10-12/h4-11H,3H2,1-2H3. The first-order valence-corrected chi connectivity index (χ1v) is 10.2. The van der Waals surface area contributed by atoms with Gasteiger partial charge in [0.15, 0.2) is 0 Å². The summed E-state index contributed by atoms with van der Waals surface area (Å²) in [6.07, 6.45) is 0. The average Bonchev–Trinajstić information content (AvgIpc) is 2.58. The van der Waals surface area contributed by atoms with E-state index < -0.39 is 21.3 Å². The lowest BCUT2D eigenvalue weighted by Crippen LogP contribution is -2.42. The number of hydrogen-bond donors (Lipinski definition) is 0. The SMILES string of the molecule is CCOc1ccccc1N(C(C)C(=O)Cl)S(=O)(=O)c1ccc(Cl)c(Cl)c1. The number of sulfonamides is 1. The van der Waals surface area contributed by atoms with Gasteiger partial charge in [0, 0.05) is 0 Å². The van der Waals surface area contributed by atoms with E-state index in [2.05, 4.69) is 0 Å². The van der Waals surface area contributed by atoms with E-state index in [0.717, 1.165) is 4.31 Å². The van der Waals surface area contributed by atoms with Crippen molar-refractivity contribution in [3.63, 3.8) is 0 Å². The summed E-state index contributed by atoms with van der Waals surface area (Å²) in [4.78, 5) is 11.7. The number of hydrogen-bond acceptors (Lipinski definition) is 4. The third kappa shape index (κ3) is 4.26. The van der Waals surface area contributed by atoms with E-state index in [-0.39, 0.29) is 20.6 Å². The van der Waals surface area contributed by atoms with Crippen molar-refractivity contribution < 1.29 is 17.9 Å². The summed E-state index contributed by atoms with van der Waals surface area (Å²) >= 11 is 17.5. The van der Waals surface area contributed by atoms with E-state index in [1.165, 1.54) is 31.2 Å². The van der Waals surface area contributed by atoms with Gasteiger partial charge in [0.1, 0.15) is 11.8 Å². The molecule has 2 aromatic rings. The molecular formula is C17H16Cl3NO4S. The van der Waals surface area contributed by atoms with Crippen molar-refractivity contribution >= 4 is 55.8 Å². The van der Waals surface area contributed by atoms with Crippen LogP contribution < -0.4 is 9.04 Å². The summed E-state index contributed by atoms with van der Waals surface area (Å²) in [5.74, 6) is 0.309. The van der Waals surface area contributed by atoms with E-state index in [0.29, 0.717) is 12.4 Å². The van der Waals surface area contributed by atoms with Crippen molar-refractivity contribution in [3.05, 3.63) is 52.5 Å². The summed E-state index contributed by atoms with van der Waals surface area (Å²) in [5, 5.41) is -0.538. The number of rotatable bonds is 7.